The molecule has 2 heterocycles. The number of aromatic nitrogens is 2. The molecule has 0 atom stereocenters. The number of fused-ring (bicyclic) bond motifs is 1. The van der Waals surface area contributed by atoms with Gasteiger partial charge in [-0.05, 0) is 45.0 Å². The lowest BCUT2D eigenvalue weighted by molar-refractivity contribution is 0.0636. The van der Waals surface area contributed by atoms with E-state index >= 15 is 0 Å². The number of benzene rings is 1. The minimum Gasteiger partial charge on any atom is -0.444 e. The van der Waals surface area contributed by atoms with Crippen LogP contribution in [0.15, 0.2) is 36.4 Å². The third-order valence-corrected chi connectivity index (χ3v) is 3.95. The second-order valence-electron chi connectivity index (χ2n) is 6.29. The van der Waals surface area contributed by atoms with E-state index in [0.717, 1.165) is 21.6 Å². The molecule has 0 spiro atoms. The molecule has 3 aromatic rings. The van der Waals surface area contributed by atoms with E-state index < -0.39 is 11.7 Å². The molecule has 0 bridgehead atoms. The Bertz CT molecular complexity index is 882. The Morgan fingerprint density at radius 2 is 1.83 bits per heavy atom. The summed E-state index contributed by atoms with van der Waals surface area (Å²) in [7, 11) is 0. The van der Waals surface area contributed by atoms with Gasteiger partial charge in [0.2, 0.25) is 0 Å². The van der Waals surface area contributed by atoms with Gasteiger partial charge in [0.05, 0.1) is 5.69 Å². The van der Waals surface area contributed by atoms with E-state index in [9.17, 15) is 4.79 Å². The van der Waals surface area contributed by atoms with Crippen molar-refractivity contribution in [3.8, 4) is 11.3 Å². The first-order valence-electron chi connectivity index (χ1n) is 7.44. The number of hydrogen-bond donors (Lipinski definition) is 2. The summed E-state index contributed by atoms with van der Waals surface area (Å²) in [5.41, 5.74) is 8.39. The molecule has 3 rings (SSSR count). The fraction of sp³-hybridized carbons (Fsp3) is 0.235. The van der Waals surface area contributed by atoms with Gasteiger partial charge in [-0.15, -0.1) is 0 Å². The zero-order valence-corrected chi connectivity index (χ0v) is 14.5. The number of rotatable bonds is 2. The van der Waals surface area contributed by atoms with Gasteiger partial charge in [0.25, 0.3) is 0 Å². The van der Waals surface area contributed by atoms with Gasteiger partial charge in [-0.25, -0.2) is 14.8 Å². The molecule has 3 N–H and O–H groups in total. The van der Waals surface area contributed by atoms with Crippen LogP contribution in [0.1, 0.15) is 20.8 Å². The Morgan fingerprint density at radius 1 is 1.12 bits per heavy atom. The largest absolute Gasteiger partial charge is 0.444 e. The van der Waals surface area contributed by atoms with E-state index in [1.807, 2.05) is 57.2 Å². The van der Waals surface area contributed by atoms with Gasteiger partial charge in [-0.2, -0.15) is 0 Å². The van der Waals surface area contributed by atoms with Crippen molar-refractivity contribution in [2.45, 2.75) is 26.4 Å². The summed E-state index contributed by atoms with van der Waals surface area (Å²) in [6.45, 7) is 5.43. The van der Waals surface area contributed by atoms with Gasteiger partial charge in [0.1, 0.15) is 15.9 Å². The topological polar surface area (TPSA) is 90.1 Å². The molecule has 0 radical (unpaired) electrons. The molecule has 124 valence electrons. The molecule has 0 aliphatic rings. The lowest BCUT2D eigenvalue weighted by Gasteiger charge is -2.18. The zero-order valence-electron chi connectivity index (χ0n) is 13.7. The Balaban J connectivity index is 1.84. The van der Waals surface area contributed by atoms with Crippen molar-refractivity contribution in [1.82, 2.24) is 9.97 Å². The molecular weight excluding hydrogens is 324 g/mol. The van der Waals surface area contributed by atoms with Crippen LogP contribution in [0.3, 0.4) is 0 Å². The van der Waals surface area contributed by atoms with Gasteiger partial charge < -0.3 is 10.5 Å². The van der Waals surface area contributed by atoms with E-state index in [1.54, 1.807) is 0 Å². The summed E-state index contributed by atoms with van der Waals surface area (Å²) in [6, 6.07) is 11.3. The van der Waals surface area contributed by atoms with Crippen LogP contribution in [-0.4, -0.2) is 21.7 Å². The van der Waals surface area contributed by atoms with Gasteiger partial charge in [0.15, 0.2) is 5.13 Å². The molecule has 0 saturated heterocycles. The van der Waals surface area contributed by atoms with Crippen LogP contribution in [0, 0.1) is 0 Å². The normalized spacial score (nSPS) is 11.5. The van der Waals surface area contributed by atoms with Crippen molar-refractivity contribution in [2.24, 2.45) is 0 Å². The number of pyridine rings is 1. The van der Waals surface area contributed by atoms with E-state index in [0.29, 0.717) is 10.8 Å². The summed E-state index contributed by atoms with van der Waals surface area (Å²) < 4.78 is 5.23. The number of nitrogen functional groups attached to an aromatic ring is 1. The monoisotopic (exact) mass is 342 g/mol. The van der Waals surface area contributed by atoms with Crippen LogP contribution in [0.5, 0.6) is 0 Å². The smallest absolute Gasteiger partial charge is 0.413 e. The Labute approximate surface area is 143 Å². The third-order valence-electron chi connectivity index (χ3n) is 3.07. The molecule has 24 heavy (non-hydrogen) atoms. The van der Waals surface area contributed by atoms with Crippen molar-refractivity contribution >= 4 is 38.6 Å². The second kappa shape index (κ2) is 6.09. The minimum atomic E-state index is -0.554. The number of nitrogens with one attached hydrogen (secondary N) is 1. The standard InChI is InChI=1S/C17H18N4O2S/c1-17(2,3)23-16(22)21-15-20-13-9-8-12(19-14(13)24-15)10-4-6-11(18)7-5-10/h4-9H,18H2,1-3H3,(H,20,21,22). The number of hydrogen-bond acceptors (Lipinski definition) is 6. The van der Waals surface area contributed by atoms with Gasteiger partial charge >= 0.3 is 6.09 Å². The fourth-order valence-electron chi connectivity index (χ4n) is 2.08. The number of thiazole rings is 1. The van der Waals surface area contributed by atoms with Crippen molar-refractivity contribution in [1.29, 1.82) is 0 Å². The van der Waals surface area contributed by atoms with E-state index in [-0.39, 0.29) is 0 Å². The molecule has 0 aliphatic carbocycles. The summed E-state index contributed by atoms with van der Waals surface area (Å²) in [5.74, 6) is 0. The lowest BCUT2D eigenvalue weighted by atomic mass is 10.1. The highest BCUT2D eigenvalue weighted by Gasteiger charge is 2.17. The van der Waals surface area contributed by atoms with Crippen LogP contribution >= 0.6 is 11.3 Å². The fourth-order valence-corrected chi connectivity index (χ4v) is 2.90. The molecule has 2 aromatic heterocycles. The van der Waals surface area contributed by atoms with Crippen molar-refractivity contribution in [3.05, 3.63) is 36.4 Å². The molecule has 0 fully saturated rings. The molecule has 7 heteroatoms. The number of carbonyl (C=O) groups is 1. The highest BCUT2D eigenvalue weighted by atomic mass is 32.1. The van der Waals surface area contributed by atoms with Gasteiger partial charge in [0, 0.05) is 11.3 Å². The molecule has 1 amide bonds. The molecule has 0 aliphatic heterocycles. The van der Waals surface area contributed by atoms with E-state index in [2.05, 4.69) is 15.3 Å². The lowest BCUT2D eigenvalue weighted by Crippen LogP contribution is -2.27. The maximum Gasteiger partial charge on any atom is 0.413 e. The highest BCUT2D eigenvalue weighted by molar-refractivity contribution is 7.21. The maximum absolute atomic E-state index is 11.8. The number of anilines is 2. The summed E-state index contributed by atoms with van der Waals surface area (Å²) in [5, 5.41) is 3.10. The van der Waals surface area contributed by atoms with E-state index in [1.165, 1.54) is 11.3 Å². The molecule has 1 aromatic carbocycles. The van der Waals surface area contributed by atoms with Crippen molar-refractivity contribution in [3.63, 3.8) is 0 Å². The van der Waals surface area contributed by atoms with Gasteiger partial charge in [-0.3, -0.25) is 5.32 Å². The summed E-state index contributed by atoms with van der Waals surface area (Å²) in [6.07, 6.45) is -0.527. The van der Waals surface area contributed by atoms with Crippen molar-refractivity contribution in [2.75, 3.05) is 11.1 Å². The van der Waals surface area contributed by atoms with Crippen LogP contribution in [0.2, 0.25) is 0 Å². The van der Waals surface area contributed by atoms with Crippen LogP contribution in [0.25, 0.3) is 21.6 Å². The average molecular weight is 342 g/mol. The summed E-state index contributed by atoms with van der Waals surface area (Å²) in [4.78, 5) is 21.5. The highest BCUT2D eigenvalue weighted by Crippen LogP contribution is 2.28. The molecule has 6 nitrogen and oxygen atoms in total. The van der Waals surface area contributed by atoms with Crippen LogP contribution in [-0.2, 0) is 4.74 Å². The number of carbonyl (C=O) groups excluding carboxylic acids is 1. The Hall–Kier alpha value is -2.67. The molecule has 0 saturated carbocycles. The Morgan fingerprint density at radius 3 is 2.50 bits per heavy atom. The predicted octanol–water partition coefficient (Wildman–Crippen LogP) is 4.29. The first-order valence-corrected chi connectivity index (χ1v) is 8.25. The first kappa shape index (κ1) is 16.2. The average Bonchev–Trinajstić information content (AvgIpc) is 2.86. The third kappa shape index (κ3) is 3.80. The molecule has 0 unspecified atom stereocenters. The number of nitrogens with two attached hydrogens (primary N) is 1. The first-order chi connectivity index (χ1) is 11.3. The maximum atomic E-state index is 11.8. The van der Waals surface area contributed by atoms with Gasteiger partial charge in [-0.1, -0.05) is 23.5 Å². The number of ether oxygens (including phenoxy) is 1. The van der Waals surface area contributed by atoms with E-state index in [4.69, 9.17) is 10.5 Å². The van der Waals surface area contributed by atoms with Crippen molar-refractivity contribution < 1.29 is 9.53 Å². The predicted molar refractivity (Wildman–Crippen MR) is 97.1 cm³/mol. The Kier molecular flexibility index (Phi) is 4.11. The summed E-state index contributed by atoms with van der Waals surface area (Å²) >= 11 is 1.30. The van der Waals surface area contributed by atoms with Crippen LogP contribution < -0.4 is 11.1 Å². The SMILES string of the molecule is CC(C)(C)OC(=O)Nc1nc2ccc(-c3ccc(N)cc3)nc2s1. The minimum absolute atomic E-state index is 0.459. The van der Waals surface area contributed by atoms with Crippen LogP contribution in [0.4, 0.5) is 15.6 Å². The second-order valence-corrected chi connectivity index (χ2v) is 7.27. The number of amides is 1. The number of nitrogens with zero attached hydrogens (tertiary/aromatic N) is 2. The quantitative estimate of drug-likeness (QED) is 0.678. The molecular formula is C17H18N4O2S. The zero-order chi connectivity index (χ0) is 17.3.